The third kappa shape index (κ3) is 2.39. The Morgan fingerprint density at radius 1 is 0.737 bits per heavy atom. The maximum atomic E-state index is 9.38. The van der Waals surface area contributed by atoms with Crippen LogP contribution in [0.4, 0.5) is 0 Å². The molecule has 0 N–H and O–H groups in total. The second-order valence-corrected chi connectivity index (χ2v) is 5.37. The normalized spacial score (nSPS) is 10.3. The van der Waals surface area contributed by atoms with Crippen LogP contribution >= 0.6 is 0 Å². The monoisotopic (exact) mass is 249 g/mol. The molecule has 0 radical (unpaired) electrons. The number of hydrogen-bond acceptors (Lipinski definition) is 1. The lowest BCUT2D eigenvalue weighted by Gasteiger charge is -2.15. The van der Waals surface area contributed by atoms with Crippen LogP contribution in [0.25, 0.3) is 11.1 Å². The van der Waals surface area contributed by atoms with E-state index in [1.807, 2.05) is 6.07 Å². The van der Waals surface area contributed by atoms with Gasteiger partial charge in [-0.2, -0.15) is 5.26 Å². The molecule has 0 bridgehead atoms. The molecule has 0 aliphatic carbocycles. The molecule has 0 amide bonds. The summed E-state index contributed by atoms with van der Waals surface area (Å²) in [6.45, 7) is 10.5. The zero-order valence-electron chi connectivity index (χ0n) is 12.3. The van der Waals surface area contributed by atoms with Gasteiger partial charge in [0.1, 0.15) is 0 Å². The SMILES string of the molecule is Cc1cc(C)c(-c2cc(C)c(C)cc2C#N)c(C)c1. The first-order valence-corrected chi connectivity index (χ1v) is 6.53. The van der Waals surface area contributed by atoms with E-state index in [0.717, 1.165) is 11.1 Å². The first kappa shape index (κ1) is 13.4. The summed E-state index contributed by atoms with van der Waals surface area (Å²) in [6, 6.07) is 10.8. The fraction of sp³-hybridized carbons (Fsp3) is 0.278. The second-order valence-electron chi connectivity index (χ2n) is 5.37. The van der Waals surface area contributed by atoms with E-state index in [1.165, 1.54) is 33.4 Å². The van der Waals surface area contributed by atoms with Crippen molar-refractivity contribution in [2.24, 2.45) is 0 Å². The summed E-state index contributed by atoms with van der Waals surface area (Å²) >= 11 is 0. The molecule has 0 saturated heterocycles. The molecule has 0 atom stereocenters. The Labute approximate surface area is 115 Å². The van der Waals surface area contributed by atoms with Crippen molar-refractivity contribution in [1.82, 2.24) is 0 Å². The third-order valence-electron chi connectivity index (χ3n) is 3.70. The molecule has 2 rings (SSSR count). The highest BCUT2D eigenvalue weighted by molar-refractivity contribution is 5.77. The van der Waals surface area contributed by atoms with E-state index in [2.05, 4.69) is 58.9 Å². The Morgan fingerprint density at radius 3 is 1.79 bits per heavy atom. The van der Waals surface area contributed by atoms with E-state index < -0.39 is 0 Å². The van der Waals surface area contributed by atoms with Gasteiger partial charge in [0.15, 0.2) is 0 Å². The molecule has 0 aromatic heterocycles. The summed E-state index contributed by atoms with van der Waals surface area (Å²) in [5, 5.41) is 9.38. The highest BCUT2D eigenvalue weighted by Crippen LogP contribution is 2.32. The van der Waals surface area contributed by atoms with Crippen molar-refractivity contribution in [3.8, 4) is 17.2 Å². The number of aryl methyl sites for hydroxylation is 5. The van der Waals surface area contributed by atoms with E-state index in [-0.39, 0.29) is 0 Å². The molecule has 0 aliphatic rings. The van der Waals surface area contributed by atoms with Gasteiger partial charge in [-0.15, -0.1) is 0 Å². The van der Waals surface area contributed by atoms with Gasteiger partial charge in [0.05, 0.1) is 11.6 Å². The van der Waals surface area contributed by atoms with Gasteiger partial charge >= 0.3 is 0 Å². The van der Waals surface area contributed by atoms with Crippen LogP contribution in [0.15, 0.2) is 24.3 Å². The average Bonchev–Trinajstić information content (AvgIpc) is 2.32. The molecule has 0 spiro atoms. The first-order valence-electron chi connectivity index (χ1n) is 6.53. The molecule has 0 unspecified atom stereocenters. The summed E-state index contributed by atoms with van der Waals surface area (Å²) in [4.78, 5) is 0. The summed E-state index contributed by atoms with van der Waals surface area (Å²) in [6.07, 6.45) is 0. The molecular weight excluding hydrogens is 230 g/mol. The van der Waals surface area contributed by atoms with E-state index in [9.17, 15) is 5.26 Å². The van der Waals surface area contributed by atoms with Crippen LogP contribution in [0.2, 0.25) is 0 Å². The maximum Gasteiger partial charge on any atom is 0.0998 e. The van der Waals surface area contributed by atoms with Crippen LogP contribution in [-0.2, 0) is 0 Å². The Bertz CT molecular complexity index is 665. The van der Waals surface area contributed by atoms with Gasteiger partial charge in [-0.3, -0.25) is 0 Å². The molecule has 1 heteroatoms. The van der Waals surface area contributed by atoms with Crippen molar-refractivity contribution in [3.63, 3.8) is 0 Å². The summed E-state index contributed by atoms with van der Waals surface area (Å²) in [5.41, 5.74) is 9.15. The van der Waals surface area contributed by atoms with Crippen molar-refractivity contribution in [2.45, 2.75) is 34.6 Å². The molecular formula is C18H19N. The maximum absolute atomic E-state index is 9.38. The minimum absolute atomic E-state index is 0.762. The van der Waals surface area contributed by atoms with E-state index in [0.29, 0.717) is 0 Å². The number of hydrogen-bond donors (Lipinski definition) is 0. The smallest absolute Gasteiger partial charge is 0.0998 e. The molecule has 1 nitrogen and oxygen atoms in total. The second kappa shape index (κ2) is 4.90. The first-order chi connectivity index (χ1) is 8.93. The Morgan fingerprint density at radius 2 is 1.26 bits per heavy atom. The van der Waals surface area contributed by atoms with Crippen LogP contribution in [0.5, 0.6) is 0 Å². The molecule has 96 valence electrons. The van der Waals surface area contributed by atoms with Crippen molar-refractivity contribution in [1.29, 1.82) is 5.26 Å². The quantitative estimate of drug-likeness (QED) is 0.714. The fourth-order valence-corrected chi connectivity index (χ4v) is 2.72. The van der Waals surface area contributed by atoms with E-state index >= 15 is 0 Å². The minimum atomic E-state index is 0.762. The molecule has 19 heavy (non-hydrogen) atoms. The average molecular weight is 249 g/mol. The van der Waals surface area contributed by atoms with Crippen molar-refractivity contribution < 1.29 is 0 Å². The number of nitrogens with zero attached hydrogens (tertiary/aromatic N) is 1. The molecule has 0 saturated carbocycles. The van der Waals surface area contributed by atoms with Gasteiger partial charge in [0.25, 0.3) is 0 Å². The van der Waals surface area contributed by atoms with Crippen LogP contribution in [0, 0.1) is 45.9 Å². The summed E-state index contributed by atoms with van der Waals surface area (Å²) in [5.74, 6) is 0. The summed E-state index contributed by atoms with van der Waals surface area (Å²) in [7, 11) is 0. The van der Waals surface area contributed by atoms with Gasteiger partial charge in [-0.25, -0.2) is 0 Å². The lowest BCUT2D eigenvalue weighted by Crippen LogP contribution is -1.95. The van der Waals surface area contributed by atoms with Crippen molar-refractivity contribution in [2.75, 3.05) is 0 Å². The lowest BCUT2D eigenvalue weighted by atomic mass is 9.89. The lowest BCUT2D eigenvalue weighted by molar-refractivity contribution is 1.29. The summed E-state index contributed by atoms with van der Waals surface area (Å²) < 4.78 is 0. The minimum Gasteiger partial charge on any atom is -0.192 e. The molecule has 0 aliphatic heterocycles. The molecule has 2 aromatic rings. The van der Waals surface area contributed by atoms with Crippen LogP contribution < -0.4 is 0 Å². The predicted octanol–water partition coefficient (Wildman–Crippen LogP) is 4.77. The molecule has 2 aromatic carbocycles. The zero-order chi connectivity index (χ0) is 14.2. The van der Waals surface area contributed by atoms with E-state index in [4.69, 9.17) is 0 Å². The largest absolute Gasteiger partial charge is 0.192 e. The van der Waals surface area contributed by atoms with Gasteiger partial charge in [0.2, 0.25) is 0 Å². The third-order valence-corrected chi connectivity index (χ3v) is 3.70. The van der Waals surface area contributed by atoms with Crippen LogP contribution in [0.3, 0.4) is 0 Å². The Balaban J connectivity index is 2.80. The van der Waals surface area contributed by atoms with Gasteiger partial charge in [0, 0.05) is 5.56 Å². The standard InChI is InChI=1S/C18H19N/c1-11-6-14(4)18(15(5)7-11)17-9-13(3)12(2)8-16(17)10-19/h6-9H,1-5H3. The predicted molar refractivity (Wildman–Crippen MR) is 80.3 cm³/mol. The molecule has 0 fully saturated rings. The topological polar surface area (TPSA) is 23.8 Å². The highest BCUT2D eigenvalue weighted by Gasteiger charge is 2.12. The molecule has 0 heterocycles. The van der Waals surface area contributed by atoms with Gasteiger partial charge < -0.3 is 0 Å². The number of rotatable bonds is 1. The fourth-order valence-electron chi connectivity index (χ4n) is 2.72. The number of nitriles is 1. The van der Waals surface area contributed by atoms with Crippen LogP contribution in [0.1, 0.15) is 33.4 Å². The van der Waals surface area contributed by atoms with Crippen LogP contribution in [-0.4, -0.2) is 0 Å². The Hall–Kier alpha value is -2.07. The van der Waals surface area contributed by atoms with Gasteiger partial charge in [-0.1, -0.05) is 17.7 Å². The van der Waals surface area contributed by atoms with Crippen molar-refractivity contribution in [3.05, 3.63) is 57.6 Å². The number of benzene rings is 2. The Kier molecular flexibility index (Phi) is 3.44. The van der Waals surface area contributed by atoms with E-state index in [1.54, 1.807) is 0 Å². The van der Waals surface area contributed by atoms with Crippen molar-refractivity contribution >= 4 is 0 Å². The van der Waals surface area contributed by atoms with Gasteiger partial charge in [-0.05, 0) is 74.6 Å². The highest BCUT2D eigenvalue weighted by atomic mass is 14.3. The zero-order valence-corrected chi connectivity index (χ0v) is 12.3.